The summed E-state index contributed by atoms with van der Waals surface area (Å²) in [5, 5.41) is 12.4. The van der Waals surface area contributed by atoms with Crippen LogP contribution in [0, 0.1) is 0 Å². The van der Waals surface area contributed by atoms with Crippen molar-refractivity contribution in [3.8, 4) is 5.75 Å². The van der Waals surface area contributed by atoms with Gasteiger partial charge in [0.2, 0.25) is 0 Å². The standard InChI is InChI=1S/C17H20N2O4/c20-12-3-4-14-11(8-12)5-6-19-15(14)9-16(18-17(19)21)23-10-13-2-1-7-22-13/h3-4,8-9,13,15,20H,1-2,5-7,10H2,(H,18,21). The van der Waals surface area contributed by atoms with Crippen LogP contribution in [0.3, 0.4) is 0 Å². The summed E-state index contributed by atoms with van der Waals surface area (Å²) < 4.78 is 11.3. The lowest BCUT2D eigenvalue weighted by Gasteiger charge is -2.39. The number of benzene rings is 1. The maximum Gasteiger partial charge on any atom is 0.324 e. The number of nitrogens with one attached hydrogen (secondary N) is 1. The molecule has 6 heteroatoms. The number of phenols is 1. The molecule has 3 heterocycles. The van der Waals surface area contributed by atoms with E-state index in [2.05, 4.69) is 5.32 Å². The van der Waals surface area contributed by atoms with Gasteiger partial charge >= 0.3 is 6.03 Å². The van der Waals surface area contributed by atoms with Gasteiger partial charge in [0.05, 0.1) is 12.1 Å². The number of fused-ring (bicyclic) bond motifs is 3. The average molecular weight is 316 g/mol. The molecule has 23 heavy (non-hydrogen) atoms. The normalized spacial score (nSPS) is 26.2. The molecule has 6 nitrogen and oxygen atoms in total. The topological polar surface area (TPSA) is 71.0 Å². The second kappa shape index (κ2) is 5.77. The largest absolute Gasteiger partial charge is 0.508 e. The number of ether oxygens (including phenoxy) is 2. The minimum absolute atomic E-state index is 0.112. The third-order valence-electron chi connectivity index (χ3n) is 4.65. The molecule has 0 saturated carbocycles. The Balaban J connectivity index is 1.56. The highest BCUT2D eigenvalue weighted by molar-refractivity contribution is 5.78. The third-order valence-corrected chi connectivity index (χ3v) is 4.65. The molecule has 0 radical (unpaired) electrons. The molecule has 1 fully saturated rings. The summed E-state index contributed by atoms with van der Waals surface area (Å²) in [6, 6.07) is 5.04. The number of aromatic hydroxyl groups is 1. The monoisotopic (exact) mass is 316 g/mol. The van der Waals surface area contributed by atoms with Gasteiger partial charge in [-0.3, -0.25) is 5.32 Å². The Hall–Kier alpha value is -2.21. The minimum Gasteiger partial charge on any atom is -0.508 e. The molecule has 1 saturated heterocycles. The predicted octanol–water partition coefficient (Wildman–Crippen LogP) is 2.05. The number of carbonyl (C=O) groups is 1. The van der Waals surface area contributed by atoms with Gasteiger partial charge in [-0.1, -0.05) is 6.07 Å². The Morgan fingerprint density at radius 2 is 2.35 bits per heavy atom. The first-order chi connectivity index (χ1) is 11.2. The summed E-state index contributed by atoms with van der Waals surface area (Å²) in [4.78, 5) is 14.1. The number of amides is 2. The lowest BCUT2D eigenvalue weighted by Crippen LogP contribution is -2.48. The Bertz CT molecular complexity index is 652. The molecule has 0 bridgehead atoms. The average Bonchev–Trinajstić information content (AvgIpc) is 3.06. The molecule has 1 aromatic carbocycles. The summed E-state index contributed by atoms with van der Waals surface area (Å²) in [6.07, 6.45) is 4.85. The molecule has 3 aliphatic rings. The van der Waals surface area contributed by atoms with Crippen LogP contribution in [0.25, 0.3) is 0 Å². The van der Waals surface area contributed by atoms with Gasteiger partial charge in [-0.15, -0.1) is 0 Å². The van der Waals surface area contributed by atoms with Gasteiger partial charge in [-0.25, -0.2) is 4.79 Å². The summed E-state index contributed by atoms with van der Waals surface area (Å²) >= 11 is 0. The van der Waals surface area contributed by atoms with Crippen LogP contribution >= 0.6 is 0 Å². The van der Waals surface area contributed by atoms with E-state index >= 15 is 0 Å². The lowest BCUT2D eigenvalue weighted by molar-refractivity contribution is 0.0355. The maximum absolute atomic E-state index is 12.3. The Kier molecular flexibility index (Phi) is 3.61. The van der Waals surface area contributed by atoms with Crippen LogP contribution in [-0.4, -0.2) is 41.9 Å². The molecule has 0 aromatic heterocycles. The molecule has 2 amide bonds. The zero-order chi connectivity index (χ0) is 15.8. The number of nitrogens with zero attached hydrogens (tertiary/aromatic N) is 1. The van der Waals surface area contributed by atoms with Gasteiger partial charge in [0, 0.05) is 19.2 Å². The number of carbonyl (C=O) groups excluding carboxylic acids is 1. The lowest BCUT2D eigenvalue weighted by atomic mass is 9.91. The van der Waals surface area contributed by atoms with Crippen molar-refractivity contribution >= 4 is 6.03 Å². The van der Waals surface area contributed by atoms with Crippen LogP contribution in [0.1, 0.15) is 30.0 Å². The van der Waals surface area contributed by atoms with E-state index in [1.807, 2.05) is 12.1 Å². The van der Waals surface area contributed by atoms with Gasteiger partial charge in [0.15, 0.2) is 5.88 Å². The summed E-state index contributed by atoms with van der Waals surface area (Å²) in [5.41, 5.74) is 2.12. The van der Waals surface area contributed by atoms with Crippen LogP contribution in [0.2, 0.25) is 0 Å². The molecule has 2 atom stereocenters. The van der Waals surface area contributed by atoms with Crippen molar-refractivity contribution < 1.29 is 19.4 Å². The molecule has 0 spiro atoms. The summed E-state index contributed by atoms with van der Waals surface area (Å²) in [5.74, 6) is 0.754. The highest BCUT2D eigenvalue weighted by atomic mass is 16.5. The van der Waals surface area contributed by atoms with E-state index in [0.717, 1.165) is 37.0 Å². The first-order valence-electron chi connectivity index (χ1n) is 8.06. The Morgan fingerprint density at radius 3 is 3.17 bits per heavy atom. The van der Waals surface area contributed by atoms with Crippen molar-refractivity contribution in [1.29, 1.82) is 0 Å². The summed E-state index contributed by atoms with van der Waals surface area (Å²) in [6.45, 7) is 1.87. The van der Waals surface area contributed by atoms with E-state index in [4.69, 9.17) is 9.47 Å². The van der Waals surface area contributed by atoms with Gasteiger partial charge in [-0.05, 0) is 42.5 Å². The van der Waals surface area contributed by atoms with Crippen LogP contribution in [-0.2, 0) is 15.9 Å². The van der Waals surface area contributed by atoms with Crippen molar-refractivity contribution in [3.05, 3.63) is 41.3 Å². The molecule has 3 aliphatic heterocycles. The SMILES string of the molecule is O=C1NC(OCC2CCCO2)=CC2c3ccc(O)cc3CCN12. The molecule has 2 N–H and O–H groups in total. The molecule has 2 unspecified atom stereocenters. The smallest absolute Gasteiger partial charge is 0.324 e. The van der Waals surface area contributed by atoms with E-state index in [1.165, 1.54) is 0 Å². The second-order valence-electron chi connectivity index (χ2n) is 6.18. The van der Waals surface area contributed by atoms with Gasteiger partial charge in [0.25, 0.3) is 0 Å². The first-order valence-corrected chi connectivity index (χ1v) is 8.06. The molecule has 1 aromatic rings. The number of hydrogen-bond acceptors (Lipinski definition) is 4. The third kappa shape index (κ3) is 2.74. The minimum atomic E-state index is -0.146. The highest BCUT2D eigenvalue weighted by Gasteiger charge is 2.34. The quantitative estimate of drug-likeness (QED) is 0.895. The zero-order valence-corrected chi connectivity index (χ0v) is 12.8. The second-order valence-corrected chi connectivity index (χ2v) is 6.18. The molecule has 4 rings (SSSR count). The van der Waals surface area contributed by atoms with Crippen LogP contribution < -0.4 is 5.32 Å². The van der Waals surface area contributed by atoms with E-state index < -0.39 is 0 Å². The molecule has 0 aliphatic carbocycles. The van der Waals surface area contributed by atoms with Crippen molar-refractivity contribution in [2.45, 2.75) is 31.4 Å². The zero-order valence-electron chi connectivity index (χ0n) is 12.8. The predicted molar refractivity (Wildman–Crippen MR) is 82.8 cm³/mol. The molecular weight excluding hydrogens is 296 g/mol. The van der Waals surface area contributed by atoms with Crippen molar-refractivity contribution in [2.75, 3.05) is 19.8 Å². The van der Waals surface area contributed by atoms with E-state index in [1.54, 1.807) is 17.0 Å². The van der Waals surface area contributed by atoms with Crippen molar-refractivity contribution in [1.82, 2.24) is 10.2 Å². The van der Waals surface area contributed by atoms with Crippen molar-refractivity contribution in [3.63, 3.8) is 0 Å². The Morgan fingerprint density at radius 1 is 1.43 bits per heavy atom. The van der Waals surface area contributed by atoms with Crippen LogP contribution in [0.4, 0.5) is 4.79 Å². The number of urea groups is 1. The van der Waals surface area contributed by atoms with Gasteiger partial charge in [0.1, 0.15) is 12.4 Å². The van der Waals surface area contributed by atoms with E-state index in [-0.39, 0.29) is 23.9 Å². The fourth-order valence-electron chi connectivity index (χ4n) is 3.46. The number of phenolic OH excluding ortho intramolecular Hbond substituents is 1. The fourth-order valence-corrected chi connectivity index (χ4v) is 3.46. The van der Waals surface area contributed by atoms with Crippen LogP contribution in [0.5, 0.6) is 5.75 Å². The maximum atomic E-state index is 12.3. The van der Waals surface area contributed by atoms with E-state index in [9.17, 15) is 9.90 Å². The molecular formula is C17H20N2O4. The fraction of sp³-hybridized carbons (Fsp3) is 0.471. The Labute approximate surface area is 134 Å². The summed E-state index contributed by atoms with van der Waals surface area (Å²) in [7, 11) is 0. The molecule has 122 valence electrons. The van der Waals surface area contributed by atoms with E-state index in [0.29, 0.717) is 19.0 Å². The number of rotatable bonds is 3. The number of hydrogen-bond donors (Lipinski definition) is 2. The van der Waals surface area contributed by atoms with Gasteiger partial charge in [-0.2, -0.15) is 0 Å². The van der Waals surface area contributed by atoms with Crippen molar-refractivity contribution in [2.24, 2.45) is 0 Å². The van der Waals surface area contributed by atoms with Gasteiger partial charge < -0.3 is 19.5 Å². The highest BCUT2D eigenvalue weighted by Crippen LogP contribution is 2.35. The van der Waals surface area contributed by atoms with Crippen LogP contribution in [0.15, 0.2) is 30.2 Å². The first kappa shape index (κ1) is 14.4.